The molecule has 3 fully saturated rings. The molecule has 3 N–H and O–H groups in total. The van der Waals surface area contributed by atoms with Gasteiger partial charge >= 0.3 is 0 Å². The van der Waals surface area contributed by atoms with E-state index in [4.69, 9.17) is 0 Å². The van der Waals surface area contributed by atoms with Crippen molar-refractivity contribution < 1.29 is 14.4 Å². The van der Waals surface area contributed by atoms with Crippen LogP contribution in [-0.4, -0.2) is 35.8 Å². The summed E-state index contributed by atoms with van der Waals surface area (Å²) in [5.41, 5.74) is 0. The molecule has 7 atom stereocenters. The van der Waals surface area contributed by atoms with Crippen molar-refractivity contribution in [2.45, 2.75) is 148 Å². The van der Waals surface area contributed by atoms with E-state index in [2.05, 4.69) is 36.7 Å². The van der Waals surface area contributed by atoms with Gasteiger partial charge in [-0.05, 0) is 75.5 Å². The Balaban J connectivity index is 1.49. The lowest BCUT2D eigenvalue weighted by molar-refractivity contribution is -0.128. The largest absolute Gasteiger partial charge is 0.353 e. The minimum atomic E-state index is -0.213. The monoisotopic (exact) mass is 503 g/mol. The van der Waals surface area contributed by atoms with Crippen molar-refractivity contribution in [3.05, 3.63) is 0 Å². The summed E-state index contributed by atoms with van der Waals surface area (Å²) in [7, 11) is 0. The fourth-order valence-electron chi connectivity index (χ4n) is 6.67. The molecule has 3 aliphatic carbocycles. The van der Waals surface area contributed by atoms with E-state index in [1.807, 2.05) is 0 Å². The van der Waals surface area contributed by atoms with Gasteiger partial charge in [-0.2, -0.15) is 0 Å². The fraction of sp³-hybridized carbons (Fsp3) is 0.900. The molecule has 0 saturated heterocycles. The molecule has 206 valence electrons. The maximum absolute atomic E-state index is 13.3. The van der Waals surface area contributed by atoms with Gasteiger partial charge in [-0.1, -0.05) is 59.3 Å². The number of rotatable bonds is 11. The maximum atomic E-state index is 13.3. The van der Waals surface area contributed by atoms with Crippen molar-refractivity contribution in [3.63, 3.8) is 0 Å². The average molecular weight is 504 g/mol. The third kappa shape index (κ3) is 9.37. The van der Waals surface area contributed by atoms with E-state index in [-0.39, 0.29) is 35.7 Å². The lowest BCUT2D eigenvalue weighted by Crippen LogP contribution is -2.44. The molecule has 3 saturated carbocycles. The van der Waals surface area contributed by atoms with Crippen LogP contribution in [0.3, 0.4) is 0 Å². The molecule has 3 aliphatic rings. The summed E-state index contributed by atoms with van der Waals surface area (Å²) < 4.78 is 0. The Morgan fingerprint density at radius 3 is 1.47 bits per heavy atom. The van der Waals surface area contributed by atoms with E-state index in [1.54, 1.807) is 0 Å². The lowest BCUT2D eigenvalue weighted by atomic mass is 9.85. The Bertz CT molecular complexity index is 712. The van der Waals surface area contributed by atoms with Gasteiger partial charge in [0.05, 0.1) is 0 Å². The number of hydrogen-bond donors (Lipinski definition) is 3. The molecule has 6 nitrogen and oxygen atoms in total. The number of hydrogen-bond acceptors (Lipinski definition) is 3. The topological polar surface area (TPSA) is 87.3 Å². The zero-order chi connectivity index (χ0) is 25.9. The predicted molar refractivity (Wildman–Crippen MR) is 145 cm³/mol. The molecule has 6 heteroatoms. The fourth-order valence-corrected chi connectivity index (χ4v) is 6.67. The molecular formula is C30H53N3O3. The second kappa shape index (κ2) is 15.0. The van der Waals surface area contributed by atoms with Gasteiger partial charge in [-0.3, -0.25) is 14.4 Å². The van der Waals surface area contributed by atoms with Crippen molar-refractivity contribution in [2.24, 2.45) is 23.7 Å². The van der Waals surface area contributed by atoms with Crippen LogP contribution in [0, 0.1) is 23.7 Å². The minimum Gasteiger partial charge on any atom is -0.353 e. The Labute approximate surface area is 219 Å². The highest BCUT2D eigenvalue weighted by atomic mass is 16.2. The van der Waals surface area contributed by atoms with Crippen LogP contribution >= 0.6 is 0 Å². The SMILES string of the molecule is CC1CCCCC1NC(=O)CCCC(CCC(=O)NC1CCCCC1C)C(=O)NC1CCCCC1C. The van der Waals surface area contributed by atoms with Crippen LogP contribution in [0.5, 0.6) is 0 Å². The van der Waals surface area contributed by atoms with Crippen molar-refractivity contribution in [3.8, 4) is 0 Å². The standard InChI is InChI=1S/C30H53N3O3/c1-21-11-4-7-15-25(21)31-28(34)18-10-14-24(30(36)33-27-17-9-6-13-23(27)3)19-20-29(35)32-26-16-8-5-12-22(26)2/h21-27H,4-20H2,1-3H3,(H,31,34)(H,32,35)(H,33,36). The van der Waals surface area contributed by atoms with E-state index in [0.29, 0.717) is 55.9 Å². The smallest absolute Gasteiger partial charge is 0.223 e. The molecular weight excluding hydrogens is 450 g/mol. The second-order valence-corrected chi connectivity index (χ2v) is 12.4. The molecule has 0 aromatic rings. The van der Waals surface area contributed by atoms with E-state index >= 15 is 0 Å². The first-order valence-corrected chi connectivity index (χ1v) is 15.2. The molecule has 3 amide bonds. The highest BCUT2D eigenvalue weighted by Crippen LogP contribution is 2.27. The lowest BCUT2D eigenvalue weighted by Gasteiger charge is -2.31. The number of carbonyl (C=O) groups is 3. The maximum Gasteiger partial charge on any atom is 0.223 e. The van der Waals surface area contributed by atoms with Crippen molar-refractivity contribution in [1.29, 1.82) is 0 Å². The molecule has 0 aromatic carbocycles. The van der Waals surface area contributed by atoms with Crippen LogP contribution in [0.1, 0.15) is 130 Å². The average Bonchev–Trinajstić information content (AvgIpc) is 2.85. The summed E-state index contributed by atoms with van der Waals surface area (Å²) in [4.78, 5) is 38.7. The van der Waals surface area contributed by atoms with Crippen molar-refractivity contribution in [2.75, 3.05) is 0 Å². The Hall–Kier alpha value is -1.59. The van der Waals surface area contributed by atoms with Gasteiger partial charge in [0.2, 0.25) is 17.7 Å². The Morgan fingerprint density at radius 2 is 1.00 bits per heavy atom. The Kier molecular flexibility index (Phi) is 12.1. The number of amides is 3. The van der Waals surface area contributed by atoms with Gasteiger partial charge in [-0.15, -0.1) is 0 Å². The molecule has 0 aromatic heterocycles. The molecule has 0 bridgehead atoms. The van der Waals surface area contributed by atoms with Gasteiger partial charge < -0.3 is 16.0 Å². The first-order valence-electron chi connectivity index (χ1n) is 15.2. The molecule has 3 rings (SSSR count). The van der Waals surface area contributed by atoms with Crippen LogP contribution in [0.15, 0.2) is 0 Å². The summed E-state index contributed by atoms with van der Waals surface area (Å²) >= 11 is 0. The van der Waals surface area contributed by atoms with Gasteiger partial charge in [-0.25, -0.2) is 0 Å². The summed E-state index contributed by atoms with van der Waals surface area (Å²) in [6, 6.07) is 0.804. The van der Waals surface area contributed by atoms with E-state index < -0.39 is 0 Å². The highest BCUT2D eigenvalue weighted by molar-refractivity contribution is 5.81. The van der Waals surface area contributed by atoms with Gasteiger partial charge in [0.15, 0.2) is 0 Å². The molecule has 0 aliphatic heterocycles. The quantitative estimate of drug-likeness (QED) is 0.341. The van der Waals surface area contributed by atoms with Gasteiger partial charge in [0.1, 0.15) is 0 Å². The summed E-state index contributed by atoms with van der Waals surface area (Å²) in [6.45, 7) is 6.69. The number of carbonyl (C=O) groups excluding carboxylic acids is 3. The van der Waals surface area contributed by atoms with Crippen LogP contribution in [0.4, 0.5) is 0 Å². The van der Waals surface area contributed by atoms with Crippen LogP contribution < -0.4 is 16.0 Å². The zero-order valence-corrected chi connectivity index (χ0v) is 23.3. The van der Waals surface area contributed by atoms with Gasteiger partial charge in [0.25, 0.3) is 0 Å². The normalized spacial score (nSPS) is 31.8. The first-order chi connectivity index (χ1) is 17.3. The molecule has 36 heavy (non-hydrogen) atoms. The van der Waals surface area contributed by atoms with E-state index in [9.17, 15) is 14.4 Å². The third-order valence-corrected chi connectivity index (χ3v) is 9.40. The first kappa shape index (κ1) is 29.0. The molecule has 7 unspecified atom stereocenters. The van der Waals surface area contributed by atoms with E-state index in [0.717, 1.165) is 25.7 Å². The van der Waals surface area contributed by atoms with Crippen molar-refractivity contribution >= 4 is 17.7 Å². The molecule has 0 heterocycles. The Morgan fingerprint density at radius 1 is 0.583 bits per heavy atom. The van der Waals surface area contributed by atoms with E-state index in [1.165, 1.54) is 51.4 Å². The minimum absolute atomic E-state index is 0.0709. The van der Waals surface area contributed by atoms with Crippen molar-refractivity contribution in [1.82, 2.24) is 16.0 Å². The van der Waals surface area contributed by atoms with Crippen LogP contribution in [0.2, 0.25) is 0 Å². The second-order valence-electron chi connectivity index (χ2n) is 12.4. The highest BCUT2D eigenvalue weighted by Gasteiger charge is 2.28. The summed E-state index contributed by atoms with van der Waals surface area (Å²) in [5.74, 6) is 1.62. The number of nitrogens with one attached hydrogen (secondary N) is 3. The zero-order valence-electron chi connectivity index (χ0n) is 23.3. The molecule has 0 radical (unpaired) electrons. The van der Waals surface area contributed by atoms with Crippen LogP contribution in [-0.2, 0) is 14.4 Å². The third-order valence-electron chi connectivity index (χ3n) is 9.40. The van der Waals surface area contributed by atoms with Crippen LogP contribution in [0.25, 0.3) is 0 Å². The summed E-state index contributed by atoms with van der Waals surface area (Å²) in [5, 5.41) is 9.80. The molecule has 0 spiro atoms. The predicted octanol–water partition coefficient (Wildman–Crippen LogP) is 5.64. The van der Waals surface area contributed by atoms with Gasteiger partial charge in [0, 0.05) is 36.9 Å². The summed E-state index contributed by atoms with van der Waals surface area (Å²) in [6.07, 6.45) is 16.8.